The smallest absolute Gasteiger partial charge is 0.410 e. The topological polar surface area (TPSA) is 105 Å². The van der Waals surface area contributed by atoms with Gasteiger partial charge in [0, 0.05) is 18.0 Å². The van der Waals surface area contributed by atoms with E-state index >= 15 is 0 Å². The van der Waals surface area contributed by atoms with Gasteiger partial charge in [-0.05, 0) is 68.7 Å². The van der Waals surface area contributed by atoms with Crippen LogP contribution in [0.4, 0.5) is 9.59 Å². The zero-order valence-corrected chi connectivity index (χ0v) is 21.0. The summed E-state index contributed by atoms with van der Waals surface area (Å²) >= 11 is 0. The molecule has 192 valence electrons. The van der Waals surface area contributed by atoms with E-state index in [4.69, 9.17) is 9.47 Å². The highest BCUT2D eigenvalue weighted by Gasteiger charge is 2.35. The lowest BCUT2D eigenvalue weighted by Gasteiger charge is -2.36. The van der Waals surface area contributed by atoms with Crippen LogP contribution in [0.2, 0.25) is 0 Å². The Kier molecular flexibility index (Phi) is 7.52. The van der Waals surface area contributed by atoms with Gasteiger partial charge < -0.3 is 19.9 Å². The number of aliphatic carboxylic acids is 1. The van der Waals surface area contributed by atoms with Gasteiger partial charge in [0.15, 0.2) is 0 Å². The quantitative estimate of drug-likeness (QED) is 0.575. The molecule has 1 saturated carbocycles. The van der Waals surface area contributed by atoms with Crippen molar-refractivity contribution in [2.24, 2.45) is 0 Å². The monoisotopic (exact) mass is 494 g/mol. The van der Waals surface area contributed by atoms with Crippen molar-refractivity contribution >= 4 is 18.2 Å². The standard InChI is InChI=1S/C28H34N2O6/c1-28(2,3)36-26(33)29-18-9-8-10-19(15-18)30(16-25(31)32)27(34)35-17-24-22-13-6-4-11-20(22)21-12-5-7-14-23(21)24/h4-7,11-14,18-19,24H,8-10,15-17H2,1-3H3,(H,29,33)(H,31,32)/t18-,19-/m1/s1. The third kappa shape index (κ3) is 5.98. The Hall–Kier alpha value is -3.55. The molecule has 0 aromatic heterocycles. The van der Waals surface area contributed by atoms with Crippen LogP contribution in [0.25, 0.3) is 11.1 Å². The Bertz CT molecular complexity index is 1080. The first-order chi connectivity index (χ1) is 17.1. The molecule has 8 heteroatoms. The van der Waals surface area contributed by atoms with Crippen LogP contribution in [-0.2, 0) is 14.3 Å². The minimum atomic E-state index is -1.11. The molecule has 2 aromatic carbocycles. The lowest BCUT2D eigenvalue weighted by atomic mass is 9.90. The van der Waals surface area contributed by atoms with E-state index in [1.165, 1.54) is 4.90 Å². The number of alkyl carbamates (subject to hydrolysis) is 1. The molecule has 1 fully saturated rings. The molecule has 2 aliphatic rings. The molecular formula is C28H34N2O6. The second kappa shape index (κ2) is 10.6. The zero-order chi connectivity index (χ0) is 25.9. The van der Waals surface area contributed by atoms with Crippen LogP contribution < -0.4 is 5.32 Å². The normalized spacial score (nSPS) is 19.1. The van der Waals surface area contributed by atoms with Gasteiger partial charge in [-0.3, -0.25) is 9.69 Å². The maximum atomic E-state index is 13.2. The van der Waals surface area contributed by atoms with Gasteiger partial charge in [-0.2, -0.15) is 0 Å². The Labute approximate surface area is 211 Å². The SMILES string of the molecule is CC(C)(C)OC(=O)N[C@@H]1CCC[C@@H](N(CC(=O)O)C(=O)OCC2c3ccccc3-c3ccccc32)C1. The zero-order valence-electron chi connectivity index (χ0n) is 21.0. The van der Waals surface area contributed by atoms with Gasteiger partial charge in [0.05, 0.1) is 0 Å². The molecular weight excluding hydrogens is 460 g/mol. The van der Waals surface area contributed by atoms with E-state index in [1.807, 2.05) is 36.4 Å². The molecule has 0 saturated heterocycles. The number of hydrogen-bond acceptors (Lipinski definition) is 5. The van der Waals surface area contributed by atoms with E-state index in [0.717, 1.165) is 35.1 Å². The average Bonchev–Trinajstić information content (AvgIpc) is 3.13. The van der Waals surface area contributed by atoms with Gasteiger partial charge in [0.2, 0.25) is 0 Å². The molecule has 0 unspecified atom stereocenters. The summed E-state index contributed by atoms with van der Waals surface area (Å²) in [6.07, 6.45) is 1.40. The van der Waals surface area contributed by atoms with Crippen molar-refractivity contribution in [3.05, 3.63) is 59.7 Å². The first-order valence-corrected chi connectivity index (χ1v) is 12.5. The summed E-state index contributed by atoms with van der Waals surface area (Å²) in [7, 11) is 0. The van der Waals surface area contributed by atoms with Crippen molar-refractivity contribution in [1.29, 1.82) is 0 Å². The van der Waals surface area contributed by atoms with E-state index in [1.54, 1.807) is 20.8 Å². The lowest BCUT2D eigenvalue weighted by Crippen LogP contribution is -2.50. The van der Waals surface area contributed by atoms with Crippen molar-refractivity contribution in [1.82, 2.24) is 10.2 Å². The minimum absolute atomic E-state index is 0.110. The number of carboxylic acids is 1. The second-order valence-electron chi connectivity index (χ2n) is 10.5. The molecule has 2 aromatic rings. The van der Waals surface area contributed by atoms with E-state index in [-0.39, 0.29) is 24.6 Å². The summed E-state index contributed by atoms with van der Waals surface area (Å²) in [6, 6.07) is 15.5. The Morgan fingerprint density at radius 1 is 1.00 bits per heavy atom. The van der Waals surface area contributed by atoms with Gasteiger partial charge in [-0.25, -0.2) is 9.59 Å². The maximum Gasteiger partial charge on any atom is 0.410 e. The molecule has 0 bridgehead atoms. The summed E-state index contributed by atoms with van der Waals surface area (Å²) in [5, 5.41) is 12.4. The van der Waals surface area contributed by atoms with Crippen LogP contribution in [0.1, 0.15) is 63.5 Å². The number of hydrogen-bond donors (Lipinski definition) is 2. The van der Waals surface area contributed by atoms with Crippen molar-refractivity contribution in [2.45, 2.75) is 70.1 Å². The first kappa shape index (κ1) is 25.5. The largest absolute Gasteiger partial charge is 0.480 e. The molecule has 2 N–H and O–H groups in total. The van der Waals surface area contributed by atoms with Crippen LogP contribution in [0.15, 0.2) is 48.5 Å². The highest BCUT2D eigenvalue weighted by Crippen LogP contribution is 2.44. The van der Waals surface area contributed by atoms with Crippen LogP contribution in [0, 0.1) is 0 Å². The third-order valence-corrected chi connectivity index (χ3v) is 6.68. The molecule has 8 nitrogen and oxygen atoms in total. The summed E-state index contributed by atoms with van der Waals surface area (Å²) in [5.74, 6) is -1.22. The number of nitrogens with zero attached hydrogens (tertiary/aromatic N) is 1. The Morgan fingerprint density at radius 2 is 1.61 bits per heavy atom. The highest BCUT2D eigenvalue weighted by atomic mass is 16.6. The Morgan fingerprint density at radius 3 is 2.19 bits per heavy atom. The fourth-order valence-electron chi connectivity index (χ4n) is 5.22. The molecule has 0 radical (unpaired) electrons. The number of benzene rings is 2. The number of fused-ring (bicyclic) bond motifs is 3. The van der Waals surface area contributed by atoms with Gasteiger partial charge in [-0.15, -0.1) is 0 Å². The predicted octanol–water partition coefficient (Wildman–Crippen LogP) is 5.16. The highest BCUT2D eigenvalue weighted by molar-refractivity contribution is 5.80. The summed E-state index contributed by atoms with van der Waals surface area (Å²) in [5.41, 5.74) is 3.82. The van der Waals surface area contributed by atoms with Gasteiger partial charge in [0.25, 0.3) is 0 Å². The van der Waals surface area contributed by atoms with E-state index < -0.39 is 30.3 Å². The molecule has 2 amide bonds. The molecule has 0 spiro atoms. The maximum absolute atomic E-state index is 13.2. The number of ether oxygens (including phenoxy) is 2. The van der Waals surface area contributed by atoms with Crippen molar-refractivity contribution in [3.63, 3.8) is 0 Å². The number of rotatable bonds is 6. The van der Waals surface area contributed by atoms with Crippen molar-refractivity contribution in [2.75, 3.05) is 13.2 Å². The van der Waals surface area contributed by atoms with Crippen LogP contribution in [0.5, 0.6) is 0 Å². The van der Waals surface area contributed by atoms with Gasteiger partial charge >= 0.3 is 18.2 Å². The van der Waals surface area contributed by atoms with Gasteiger partial charge in [0.1, 0.15) is 18.8 Å². The van der Waals surface area contributed by atoms with E-state index in [2.05, 4.69) is 17.4 Å². The average molecular weight is 495 g/mol. The molecule has 2 atom stereocenters. The first-order valence-electron chi connectivity index (χ1n) is 12.5. The fraction of sp³-hybridized carbons (Fsp3) is 0.464. The van der Waals surface area contributed by atoms with Crippen LogP contribution >= 0.6 is 0 Å². The van der Waals surface area contributed by atoms with Gasteiger partial charge in [-0.1, -0.05) is 48.5 Å². The minimum Gasteiger partial charge on any atom is -0.480 e. The number of carbonyl (C=O) groups excluding carboxylic acids is 2. The van der Waals surface area contributed by atoms with Crippen molar-refractivity contribution in [3.8, 4) is 11.1 Å². The Balaban J connectivity index is 1.44. The lowest BCUT2D eigenvalue weighted by molar-refractivity contribution is -0.138. The molecule has 0 heterocycles. The number of nitrogens with one attached hydrogen (secondary N) is 1. The van der Waals surface area contributed by atoms with E-state index in [0.29, 0.717) is 12.8 Å². The fourth-order valence-corrected chi connectivity index (χ4v) is 5.22. The molecule has 0 aliphatic heterocycles. The molecule has 36 heavy (non-hydrogen) atoms. The number of carboxylic acid groups (broad SMARTS) is 1. The van der Waals surface area contributed by atoms with Crippen molar-refractivity contribution < 1.29 is 29.0 Å². The van der Waals surface area contributed by atoms with E-state index in [9.17, 15) is 19.5 Å². The van der Waals surface area contributed by atoms with Crippen LogP contribution in [0.3, 0.4) is 0 Å². The summed E-state index contributed by atoms with van der Waals surface area (Å²) in [6.45, 7) is 5.04. The predicted molar refractivity (Wildman–Crippen MR) is 135 cm³/mol. The molecule has 2 aliphatic carbocycles. The summed E-state index contributed by atoms with van der Waals surface area (Å²) in [4.78, 5) is 38.3. The number of carbonyl (C=O) groups is 3. The molecule has 4 rings (SSSR count). The second-order valence-corrected chi connectivity index (χ2v) is 10.5. The van der Waals surface area contributed by atoms with Crippen LogP contribution in [-0.4, -0.2) is 59.0 Å². The summed E-state index contributed by atoms with van der Waals surface area (Å²) < 4.78 is 11.1. The third-order valence-electron chi connectivity index (χ3n) is 6.68. The number of amides is 2.